The number of amides is 1. The van der Waals surface area contributed by atoms with Crippen LogP contribution >= 0.6 is 0 Å². The van der Waals surface area contributed by atoms with Crippen LogP contribution in [0.1, 0.15) is 30.9 Å². The van der Waals surface area contributed by atoms with Crippen molar-refractivity contribution < 1.29 is 4.79 Å². The highest BCUT2D eigenvalue weighted by atomic mass is 16.2. The summed E-state index contributed by atoms with van der Waals surface area (Å²) in [6.07, 6.45) is 2.27. The lowest BCUT2D eigenvalue weighted by Gasteiger charge is -2.30. The number of carbonyl (C=O) groups is 1. The largest absolute Gasteiger partial charge is 0.376 e. The van der Waals surface area contributed by atoms with Gasteiger partial charge in [0.15, 0.2) is 0 Å². The Bertz CT molecular complexity index is 428. The van der Waals surface area contributed by atoms with Crippen molar-refractivity contribution in [3.05, 3.63) is 29.3 Å². The number of benzene rings is 1. The summed E-state index contributed by atoms with van der Waals surface area (Å²) in [4.78, 5) is 14.2. The molecule has 0 saturated carbocycles. The van der Waals surface area contributed by atoms with Crippen molar-refractivity contribution >= 4 is 11.6 Å². The van der Waals surface area contributed by atoms with E-state index in [0.717, 1.165) is 37.5 Å². The SMILES string of the molecule is Cc1cccc(C)c1NCC(=O)N1CCC(C)CC1. The molecule has 0 atom stereocenters. The molecule has 0 aromatic heterocycles. The highest BCUT2D eigenvalue weighted by Gasteiger charge is 2.20. The van der Waals surface area contributed by atoms with Gasteiger partial charge in [-0.15, -0.1) is 0 Å². The summed E-state index contributed by atoms with van der Waals surface area (Å²) in [7, 11) is 0. The number of anilines is 1. The van der Waals surface area contributed by atoms with Crippen LogP contribution < -0.4 is 5.32 Å². The van der Waals surface area contributed by atoms with Crippen molar-refractivity contribution in [1.82, 2.24) is 4.90 Å². The third kappa shape index (κ3) is 3.49. The number of hydrogen-bond acceptors (Lipinski definition) is 2. The molecular weight excluding hydrogens is 236 g/mol. The van der Waals surface area contributed by atoms with E-state index in [0.29, 0.717) is 6.54 Å². The fourth-order valence-electron chi connectivity index (χ4n) is 2.63. The number of carbonyl (C=O) groups excluding carboxylic acids is 1. The molecule has 1 amide bonds. The summed E-state index contributed by atoms with van der Waals surface area (Å²) >= 11 is 0. The molecular formula is C16H24N2O. The van der Waals surface area contributed by atoms with Crippen LogP contribution in [0.15, 0.2) is 18.2 Å². The van der Waals surface area contributed by atoms with Crippen LogP contribution in [-0.2, 0) is 4.79 Å². The van der Waals surface area contributed by atoms with Crippen LogP contribution in [0.4, 0.5) is 5.69 Å². The number of likely N-dealkylation sites (tertiary alicyclic amines) is 1. The predicted octanol–water partition coefficient (Wildman–Crippen LogP) is 2.97. The van der Waals surface area contributed by atoms with Gasteiger partial charge in [0.25, 0.3) is 0 Å². The molecule has 1 aromatic carbocycles. The lowest BCUT2D eigenvalue weighted by molar-refractivity contribution is -0.130. The molecule has 104 valence electrons. The minimum Gasteiger partial charge on any atom is -0.376 e. The molecule has 0 unspecified atom stereocenters. The number of hydrogen-bond donors (Lipinski definition) is 1. The molecule has 3 nitrogen and oxygen atoms in total. The Morgan fingerprint density at radius 3 is 2.42 bits per heavy atom. The molecule has 1 aliphatic rings. The van der Waals surface area contributed by atoms with E-state index in [1.165, 1.54) is 11.1 Å². The lowest BCUT2D eigenvalue weighted by atomic mass is 9.99. The molecule has 0 aliphatic carbocycles. The van der Waals surface area contributed by atoms with Gasteiger partial charge in [-0.1, -0.05) is 25.1 Å². The fraction of sp³-hybridized carbons (Fsp3) is 0.562. The Kier molecular flexibility index (Phi) is 4.46. The number of nitrogens with zero attached hydrogens (tertiary/aromatic N) is 1. The maximum absolute atomic E-state index is 12.2. The highest BCUT2D eigenvalue weighted by molar-refractivity contribution is 5.81. The molecule has 0 bridgehead atoms. The van der Waals surface area contributed by atoms with Crippen molar-refractivity contribution in [3.8, 4) is 0 Å². The highest BCUT2D eigenvalue weighted by Crippen LogP contribution is 2.20. The van der Waals surface area contributed by atoms with E-state index in [2.05, 4.69) is 38.2 Å². The van der Waals surface area contributed by atoms with Crippen molar-refractivity contribution in [1.29, 1.82) is 0 Å². The first kappa shape index (κ1) is 13.9. The van der Waals surface area contributed by atoms with Gasteiger partial charge in [-0.05, 0) is 43.7 Å². The summed E-state index contributed by atoms with van der Waals surface area (Å²) in [5.41, 5.74) is 3.49. The molecule has 0 radical (unpaired) electrons. The fourth-order valence-corrected chi connectivity index (χ4v) is 2.63. The van der Waals surface area contributed by atoms with Gasteiger partial charge in [-0.3, -0.25) is 4.79 Å². The molecule has 1 aromatic rings. The maximum atomic E-state index is 12.2. The van der Waals surface area contributed by atoms with Crippen molar-refractivity contribution in [3.63, 3.8) is 0 Å². The maximum Gasteiger partial charge on any atom is 0.241 e. The monoisotopic (exact) mass is 260 g/mol. The predicted molar refractivity (Wildman–Crippen MR) is 79.4 cm³/mol. The number of piperidine rings is 1. The number of nitrogens with one attached hydrogen (secondary N) is 1. The molecule has 0 spiro atoms. The Morgan fingerprint density at radius 1 is 1.26 bits per heavy atom. The summed E-state index contributed by atoms with van der Waals surface area (Å²) in [5.74, 6) is 0.977. The number of rotatable bonds is 3. The Hall–Kier alpha value is -1.51. The first-order valence-corrected chi connectivity index (χ1v) is 7.16. The van der Waals surface area contributed by atoms with E-state index in [-0.39, 0.29) is 5.91 Å². The normalized spacial score (nSPS) is 16.5. The van der Waals surface area contributed by atoms with E-state index in [1.807, 2.05) is 11.0 Å². The van der Waals surface area contributed by atoms with E-state index in [9.17, 15) is 4.79 Å². The van der Waals surface area contributed by atoms with E-state index in [4.69, 9.17) is 0 Å². The van der Waals surface area contributed by atoms with Gasteiger partial charge in [-0.25, -0.2) is 0 Å². The van der Waals surface area contributed by atoms with Crippen molar-refractivity contribution in [2.24, 2.45) is 5.92 Å². The van der Waals surface area contributed by atoms with Crippen LogP contribution in [-0.4, -0.2) is 30.4 Å². The van der Waals surface area contributed by atoms with Crippen LogP contribution in [0.5, 0.6) is 0 Å². The van der Waals surface area contributed by atoms with Gasteiger partial charge in [0.1, 0.15) is 0 Å². The van der Waals surface area contributed by atoms with Gasteiger partial charge >= 0.3 is 0 Å². The standard InChI is InChI=1S/C16H24N2O/c1-12-7-9-18(10-8-12)15(19)11-17-16-13(2)5-4-6-14(16)3/h4-6,12,17H,7-11H2,1-3H3. The third-order valence-electron chi connectivity index (χ3n) is 4.03. The van der Waals surface area contributed by atoms with Crippen LogP contribution in [0.25, 0.3) is 0 Å². The molecule has 19 heavy (non-hydrogen) atoms. The average Bonchev–Trinajstić information content (AvgIpc) is 2.38. The van der Waals surface area contributed by atoms with Crippen LogP contribution in [0, 0.1) is 19.8 Å². The molecule has 3 heteroatoms. The third-order valence-corrected chi connectivity index (χ3v) is 4.03. The van der Waals surface area contributed by atoms with E-state index in [1.54, 1.807) is 0 Å². The van der Waals surface area contributed by atoms with Gasteiger partial charge in [0.2, 0.25) is 5.91 Å². The lowest BCUT2D eigenvalue weighted by Crippen LogP contribution is -2.41. The molecule has 1 N–H and O–H groups in total. The molecule has 1 saturated heterocycles. The number of para-hydroxylation sites is 1. The van der Waals surface area contributed by atoms with Gasteiger partial charge in [0.05, 0.1) is 6.54 Å². The number of aryl methyl sites for hydroxylation is 2. The molecule has 2 rings (SSSR count). The molecule has 1 heterocycles. The zero-order valence-corrected chi connectivity index (χ0v) is 12.2. The summed E-state index contributed by atoms with van der Waals surface area (Å²) in [6.45, 7) is 8.63. The zero-order valence-electron chi connectivity index (χ0n) is 12.2. The van der Waals surface area contributed by atoms with Crippen LogP contribution in [0.2, 0.25) is 0 Å². The quantitative estimate of drug-likeness (QED) is 0.906. The van der Waals surface area contributed by atoms with Gasteiger partial charge in [0, 0.05) is 18.8 Å². The second-order valence-electron chi connectivity index (χ2n) is 5.68. The van der Waals surface area contributed by atoms with Gasteiger partial charge in [-0.2, -0.15) is 0 Å². The zero-order chi connectivity index (χ0) is 13.8. The molecule has 1 fully saturated rings. The van der Waals surface area contributed by atoms with Crippen LogP contribution in [0.3, 0.4) is 0 Å². The van der Waals surface area contributed by atoms with E-state index < -0.39 is 0 Å². The minimum atomic E-state index is 0.217. The topological polar surface area (TPSA) is 32.3 Å². The minimum absolute atomic E-state index is 0.217. The Morgan fingerprint density at radius 2 is 1.84 bits per heavy atom. The summed E-state index contributed by atoms with van der Waals surface area (Å²) in [6, 6.07) is 6.19. The second-order valence-corrected chi connectivity index (χ2v) is 5.68. The average molecular weight is 260 g/mol. The first-order valence-electron chi connectivity index (χ1n) is 7.16. The summed E-state index contributed by atoms with van der Waals surface area (Å²) in [5, 5.41) is 3.30. The van der Waals surface area contributed by atoms with E-state index >= 15 is 0 Å². The Balaban J connectivity index is 1.90. The summed E-state index contributed by atoms with van der Waals surface area (Å²) < 4.78 is 0. The Labute approximate surface area is 116 Å². The second kappa shape index (κ2) is 6.09. The van der Waals surface area contributed by atoms with Gasteiger partial charge < -0.3 is 10.2 Å². The first-order chi connectivity index (χ1) is 9.08. The van der Waals surface area contributed by atoms with Crippen molar-refractivity contribution in [2.45, 2.75) is 33.6 Å². The van der Waals surface area contributed by atoms with Crippen molar-refractivity contribution in [2.75, 3.05) is 25.0 Å². The smallest absolute Gasteiger partial charge is 0.241 e. The molecule has 1 aliphatic heterocycles.